The van der Waals surface area contributed by atoms with Gasteiger partial charge in [-0.25, -0.2) is 0 Å². The summed E-state index contributed by atoms with van der Waals surface area (Å²) < 4.78 is 0. The Kier molecular flexibility index (Phi) is 5.35. The lowest BCUT2D eigenvalue weighted by atomic mass is 10.1. The standard InChI is InChI=1S/C15H14ClN5O/c16-13-5-4-11(15(22)21-6-2-1-3-7-21)8-14(13)20-19-12(9-17)10-18/h4-5,8,20H,1-3,6-7H2. The van der Waals surface area contributed by atoms with Gasteiger partial charge in [0.1, 0.15) is 12.1 Å². The van der Waals surface area contributed by atoms with Crippen molar-refractivity contribution in [3.63, 3.8) is 0 Å². The fourth-order valence-electron chi connectivity index (χ4n) is 2.21. The van der Waals surface area contributed by atoms with Crippen LogP contribution in [-0.2, 0) is 0 Å². The number of likely N-dealkylation sites (tertiary alicyclic amines) is 1. The van der Waals surface area contributed by atoms with E-state index in [0.29, 0.717) is 16.3 Å². The molecule has 1 heterocycles. The average molecular weight is 316 g/mol. The highest BCUT2D eigenvalue weighted by atomic mass is 35.5. The minimum absolute atomic E-state index is 0.0517. The zero-order chi connectivity index (χ0) is 15.9. The molecular weight excluding hydrogens is 302 g/mol. The first-order chi connectivity index (χ1) is 10.7. The van der Waals surface area contributed by atoms with Crippen LogP contribution in [0.3, 0.4) is 0 Å². The lowest BCUT2D eigenvalue weighted by molar-refractivity contribution is 0.0724. The topological polar surface area (TPSA) is 92.3 Å². The van der Waals surface area contributed by atoms with Crippen LogP contribution in [0, 0.1) is 22.7 Å². The number of anilines is 1. The van der Waals surface area contributed by atoms with E-state index in [1.54, 1.807) is 30.3 Å². The Hall–Kier alpha value is -2.57. The van der Waals surface area contributed by atoms with E-state index in [4.69, 9.17) is 22.1 Å². The average Bonchev–Trinajstić information content (AvgIpc) is 2.57. The van der Waals surface area contributed by atoms with Gasteiger partial charge in [-0.1, -0.05) is 11.6 Å². The van der Waals surface area contributed by atoms with Crippen molar-refractivity contribution in [2.45, 2.75) is 19.3 Å². The summed E-state index contributed by atoms with van der Waals surface area (Å²) in [6.07, 6.45) is 3.18. The molecule has 1 aromatic rings. The Morgan fingerprint density at radius 1 is 1.23 bits per heavy atom. The molecule has 0 aliphatic carbocycles. The number of nitriles is 2. The van der Waals surface area contributed by atoms with E-state index in [2.05, 4.69) is 10.5 Å². The van der Waals surface area contributed by atoms with Crippen molar-refractivity contribution < 1.29 is 4.79 Å². The number of nitrogens with zero attached hydrogens (tertiary/aromatic N) is 4. The van der Waals surface area contributed by atoms with E-state index in [0.717, 1.165) is 32.4 Å². The molecule has 0 spiro atoms. The SMILES string of the molecule is N#CC(C#N)=NNc1cc(C(=O)N2CCCCC2)ccc1Cl. The molecule has 7 heteroatoms. The Bertz CT molecular complexity index is 664. The molecule has 2 rings (SSSR count). The molecule has 0 saturated carbocycles. The van der Waals surface area contributed by atoms with Gasteiger partial charge in [-0.15, -0.1) is 0 Å². The number of nitrogens with one attached hydrogen (secondary N) is 1. The zero-order valence-electron chi connectivity index (χ0n) is 11.8. The molecule has 1 fully saturated rings. The molecule has 22 heavy (non-hydrogen) atoms. The first kappa shape index (κ1) is 15.8. The van der Waals surface area contributed by atoms with Gasteiger partial charge in [-0.2, -0.15) is 15.6 Å². The summed E-state index contributed by atoms with van der Waals surface area (Å²) in [5.74, 6) is -0.0517. The number of benzene rings is 1. The number of carbonyl (C=O) groups excluding carboxylic acids is 1. The number of piperidine rings is 1. The van der Waals surface area contributed by atoms with E-state index < -0.39 is 0 Å². The summed E-state index contributed by atoms with van der Waals surface area (Å²) in [6.45, 7) is 1.52. The fourth-order valence-corrected chi connectivity index (χ4v) is 2.37. The number of hydrogen-bond donors (Lipinski definition) is 1. The molecule has 6 nitrogen and oxygen atoms in total. The van der Waals surface area contributed by atoms with Crippen LogP contribution >= 0.6 is 11.6 Å². The minimum Gasteiger partial charge on any atom is -0.339 e. The summed E-state index contributed by atoms with van der Waals surface area (Å²) in [6, 6.07) is 8.10. The van der Waals surface area contributed by atoms with E-state index in [9.17, 15) is 4.79 Å². The Labute approximate surface area is 133 Å². The Morgan fingerprint density at radius 3 is 2.55 bits per heavy atom. The molecule has 112 valence electrons. The van der Waals surface area contributed by atoms with Crippen LogP contribution in [0.2, 0.25) is 5.02 Å². The van der Waals surface area contributed by atoms with Crippen molar-refractivity contribution in [2.75, 3.05) is 18.5 Å². The van der Waals surface area contributed by atoms with Crippen molar-refractivity contribution in [3.8, 4) is 12.1 Å². The number of rotatable bonds is 3. The molecule has 0 bridgehead atoms. The van der Waals surface area contributed by atoms with Gasteiger partial charge in [-0.3, -0.25) is 10.2 Å². The van der Waals surface area contributed by atoms with Crippen LogP contribution < -0.4 is 5.43 Å². The van der Waals surface area contributed by atoms with Gasteiger partial charge in [0.05, 0.1) is 10.7 Å². The molecule has 1 aromatic carbocycles. The lowest BCUT2D eigenvalue weighted by Crippen LogP contribution is -2.35. The Balaban J connectivity index is 2.19. The van der Waals surface area contributed by atoms with Gasteiger partial charge in [0.15, 0.2) is 0 Å². The summed E-state index contributed by atoms with van der Waals surface area (Å²) in [7, 11) is 0. The molecule has 0 unspecified atom stereocenters. The van der Waals surface area contributed by atoms with Crippen LogP contribution in [0.25, 0.3) is 0 Å². The van der Waals surface area contributed by atoms with Gasteiger partial charge in [0.25, 0.3) is 5.91 Å². The first-order valence-electron chi connectivity index (χ1n) is 6.88. The first-order valence-corrected chi connectivity index (χ1v) is 7.26. The number of amides is 1. The number of halogens is 1. The third kappa shape index (κ3) is 3.75. The highest BCUT2D eigenvalue weighted by Crippen LogP contribution is 2.24. The molecule has 0 atom stereocenters. The smallest absolute Gasteiger partial charge is 0.253 e. The summed E-state index contributed by atoms with van der Waals surface area (Å²) >= 11 is 6.03. The highest BCUT2D eigenvalue weighted by Gasteiger charge is 2.18. The van der Waals surface area contributed by atoms with Gasteiger partial charge < -0.3 is 4.90 Å². The third-order valence-electron chi connectivity index (χ3n) is 3.36. The molecule has 1 N–H and O–H groups in total. The second-order valence-corrected chi connectivity index (χ2v) is 5.25. The van der Waals surface area contributed by atoms with Crippen LogP contribution in [-0.4, -0.2) is 29.6 Å². The van der Waals surface area contributed by atoms with Crippen molar-refractivity contribution in [1.29, 1.82) is 10.5 Å². The maximum absolute atomic E-state index is 12.4. The van der Waals surface area contributed by atoms with Gasteiger partial charge in [0, 0.05) is 18.7 Å². The highest BCUT2D eigenvalue weighted by molar-refractivity contribution is 6.33. The summed E-state index contributed by atoms with van der Waals surface area (Å²) in [4.78, 5) is 14.2. The molecular formula is C15H14ClN5O. The normalized spacial score (nSPS) is 13.7. The van der Waals surface area contributed by atoms with E-state index in [-0.39, 0.29) is 11.6 Å². The zero-order valence-corrected chi connectivity index (χ0v) is 12.6. The summed E-state index contributed by atoms with van der Waals surface area (Å²) in [5, 5.41) is 21.3. The van der Waals surface area contributed by atoms with Gasteiger partial charge >= 0.3 is 0 Å². The molecule has 1 aliphatic heterocycles. The molecule has 1 amide bonds. The van der Waals surface area contributed by atoms with Crippen molar-refractivity contribution in [1.82, 2.24) is 4.90 Å². The molecule has 1 saturated heterocycles. The largest absolute Gasteiger partial charge is 0.339 e. The van der Waals surface area contributed by atoms with E-state index in [1.807, 2.05) is 4.90 Å². The summed E-state index contributed by atoms with van der Waals surface area (Å²) in [5.41, 5.74) is 3.12. The van der Waals surface area contributed by atoms with Crippen molar-refractivity contribution >= 4 is 28.9 Å². The van der Waals surface area contributed by atoms with Crippen molar-refractivity contribution in [3.05, 3.63) is 28.8 Å². The third-order valence-corrected chi connectivity index (χ3v) is 3.69. The molecule has 0 radical (unpaired) electrons. The van der Waals surface area contributed by atoms with Gasteiger partial charge in [-0.05, 0) is 37.5 Å². The Morgan fingerprint density at radius 2 is 1.91 bits per heavy atom. The quantitative estimate of drug-likeness (QED) is 0.685. The monoisotopic (exact) mass is 315 g/mol. The van der Waals surface area contributed by atoms with Crippen LogP contribution in [0.4, 0.5) is 5.69 Å². The molecule has 0 aromatic heterocycles. The second kappa shape index (κ2) is 7.44. The number of hydrogen-bond acceptors (Lipinski definition) is 5. The molecule has 1 aliphatic rings. The fraction of sp³-hybridized carbons (Fsp3) is 0.333. The van der Waals surface area contributed by atoms with Crippen LogP contribution in [0.5, 0.6) is 0 Å². The second-order valence-electron chi connectivity index (χ2n) is 4.84. The van der Waals surface area contributed by atoms with E-state index in [1.165, 1.54) is 0 Å². The number of carbonyl (C=O) groups is 1. The maximum Gasteiger partial charge on any atom is 0.253 e. The lowest BCUT2D eigenvalue weighted by Gasteiger charge is -2.26. The maximum atomic E-state index is 12.4. The van der Waals surface area contributed by atoms with Crippen LogP contribution in [0.15, 0.2) is 23.3 Å². The minimum atomic E-state index is -0.316. The predicted octanol–water partition coefficient (Wildman–Crippen LogP) is 2.78. The van der Waals surface area contributed by atoms with Crippen molar-refractivity contribution in [2.24, 2.45) is 5.10 Å². The predicted molar refractivity (Wildman–Crippen MR) is 83.5 cm³/mol. The van der Waals surface area contributed by atoms with E-state index >= 15 is 0 Å². The van der Waals surface area contributed by atoms with Gasteiger partial charge in [0.2, 0.25) is 5.71 Å². The number of hydrazone groups is 1. The van der Waals surface area contributed by atoms with Crippen LogP contribution in [0.1, 0.15) is 29.6 Å².